The zero-order chi connectivity index (χ0) is 17.5. The molecule has 1 heterocycles. The van der Waals surface area contributed by atoms with E-state index < -0.39 is 11.9 Å². The maximum atomic E-state index is 12.1. The van der Waals surface area contributed by atoms with Crippen LogP contribution in [0.2, 0.25) is 0 Å². The normalized spacial score (nSPS) is 9.92. The first-order valence-electron chi connectivity index (χ1n) is 6.82. The topological polar surface area (TPSA) is 107 Å². The maximum absolute atomic E-state index is 12.1. The van der Waals surface area contributed by atoms with E-state index in [1.54, 1.807) is 29.6 Å². The van der Waals surface area contributed by atoms with Crippen molar-refractivity contribution in [2.45, 2.75) is 6.92 Å². The first-order chi connectivity index (χ1) is 11.5. The van der Waals surface area contributed by atoms with Gasteiger partial charge in [0.15, 0.2) is 11.7 Å². The van der Waals surface area contributed by atoms with Crippen molar-refractivity contribution in [3.05, 3.63) is 35.3 Å². The van der Waals surface area contributed by atoms with Gasteiger partial charge in [-0.2, -0.15) is 0 Å². The van der Waals surface area contributed by atoms with E-state index in [0.29, 0.717) is 16.6 Å². The highest BCUT2D eigenvalue weighted by atomic mass is 32.1. The third-order valence-corrected chi connectivity index (χ3v) is 3.47. The zero-order valence-electron chi connectivity index (χ0n) is 13.0. The van der Waals surface area contributed by atoms with Crippen molar-refractivity contribution in [3.8, 4) is 5.75 Å². The molecule has 24 heavy (non-hydrogen) atoms. The highest BCUT2D eigenvalue weighted by molar-refractivity contribution is 7.14. The zero-order valence-corrected chi connectivity index (χ0v) is 13.8. The van der Waals surface area contributed by atoms with Crippen LogP contribution in [0.25, 0.3) is 0 Å². The first kappa shape index (κ1) is 17.4. The number of hydrogen-bond acceptors (Lipinski definition) is 7. The molecular formula is C15H15N3O5S. The number of amides is 2. The van der Waals surface area contributed by atoms with Gasteiger partial charge >= 0.3 is 5.97 Å². The van der Waals surface area contributed by atoms with Gasteiger partial charge in [-0.25, -0.2) is 9.78 Å². The minimum Gasteiger partial charge on any atom is -0.482 e. The summed E-state index contributed by atoms with van der Waals surface area (Å²) in [7, 11) is 1.28. The minimum atomic E-state index is -0.481. The number of aromatic nitrogens is 1. The summed E-state index contributed by atoms with van der Waals surface area (Å²) < 4.78 is 9.68. The summed E-state index contributed by atoms with van der Waals surface area (Å²) in [6.07, 6.45) is 0. The Balaban J connectivity index is 1.93. The van der Waals surface area contributed by atoms with Gasteiger partial charge in [-0.3, -0.25) is 9.59 Å². The number of nitrogens with one attached hydrogen (secondary N) is 2. The Morgan fingerprint density at radius 1 is 1.17 bits per heavy atom. The molecule has 2 rings (SSSR count). The molecular weight excluding hydrogens is 334 g/mol. The van der Waals surface area contributed by atoms with E-state index in [2.05, 4.69) is 20.4 Å². The van der Waals surface area contributed by atoms with Gasteiger partial charge in [0.25, 0.3) is 5.91 Å². The van der Waals surface area contributed by atoms with Crippen LogP contribution in [0.1, 0.15) is 17.4 Å². The molecule has 0 aliphatic heterocycles. The predicted molar refractivity (Wildman–Crippen MR) is 88.3 cm³/mol. The summed E-state index contributed by atoms with van der Waals surface area (Å²) in [6, 6.07) is 6.49. The van der Waals surface area contributed by atoms with Gasteiger partial charge in [0.2, 0.25) is 5.91 Å². The molecule has 0 radical (unpaired) electrons. The Labute approximate surface area is 141 Å². The number of rotatable bonds is 6. The largest absolute Gasteiger partial charge is 0.482 e. The number of carbonyl (C=O) groups is 3. The summed E-state index contributed by atoms with van der Waals surface area (Å²) in [6.45, 7) is 1.18. The number of benzene rings is 1. The molecule has 126 valence electrons. The predicted octanol–water partition coefficient (Wildman–Crippen LogP) is 1.91. The van der Waals surface area contributed by atoms with Crippen LogP contribution in [-0.4, -0.2) is 36.5 Å². The third kappa shape index (κ3) is 5.06. The average Bonchev–Trinajstić information content (AvgIpc) is 3.01. The van der Waals surface area contributed by atoms with Gasteiger partial charge in [0, 0.05) is 18.0 Å². The molecule has 0 aliphatic carbocycles. The van der Waals surface area contributed by atoms with E-state index in [1.807, 2.05) is 0 Å². The van der Waals surface area contributed by atoms with Gasteiger partial charge in [-0.1, -0.05) is 0 Å². The summed E-state index contributed by atoms with van der Waals surface area (Å²) in [5.74, 6) is -0.657. The molecule has 1 aromatic carbocycles. The quantitative estimate of drug-likeness (QED) is 0.772. The summed E-state index contributed by atoms with van der Waals surface area (Å²) in [5.41, 5.74) is 0.745. The van der Waals surface area contributed by atoms with Crippen LogP contribution < -0.4 is 15.4 Å². The van der Waals surface area contributed by atoms with E-state index in [1.165, 1.54) is 14.0 Å². The first-order valence-corrected chi connectivity index (χ1v) is 7.70. The molecule has 0 atom stereocenters. The lowest BCUT2D eigenvalue weighted by Gasteiger charge is -2.06. The Morgan fingerprint density at radius 2 is 1.88 bits per heavy atom. The third-order valence-electron chi connectivity index (χ3n) is 2.72. The maximum Gasteiger partial charge on any atom is 0.343 e. The number of carbonyl (C=O) groups excluding carboxylic acids is 3. The van der Waals surface area contributed by atoms with Crippen LogP contribution in [-0.2, 0) is 14.3 Å². The van der Waals surface area contributed by atoms with Crippen molar-refractivity contribution >= 4 is 39.9 Å². The van der Waals surface area contributed by atoms with Crippen molar-refractivity contribution in [2.24, 2.45) is 0 Å². The van der Waals surface area contributed by atoms with Crippen LogP contribution in [0.4, 0.5) is 10.8 Å². The second-order valence-electron chi connectivity index (χ2n) is 4.56. The van der Waals surface area contributed by atoms with Crippen molar-refractivity contribution in [2.75, 3.05) is 24.4 Å². The lowest BCUT2D eigenvalue weighted by atomic mass is 10.3. The van der Waals surface area contributed by atoms with Crippen LogP contribution in [0.15, 0.2) is 29.6 Å². The number of hydrogen-bond donors (Lipinski definition) is 2. The monoisotopic (exact) mass is 349 g/mol. The van der Waals surface area contributed by atoms with Gasteiger partial charge in [0.05, 0.1) is 7.11 Å². The molecule has 0 bridgehead atoms. The van der Waals surface area contributed by atoms with Crippen LogP contribution in [0.5, 0.6) is 5.75 Å². The summed E-state index contributed by atoms with van der Waals surface area (Å²) >= 11 is 1.16. The summed E-state index contributed by atoms with van der Waals surface area (Å²) in [5, 5.41) is 7.10. The van der Waals surface area contributed by atoms with Gasteiger partial charge in [0.1, 0.15) is 11.4 Å². The fourth-order valence-corrected chi connectivity index (χ4v) is 2.35. The van der Waals surface area contributed by atoms with Crippen molar-refractivity contribution in [3.63, 3.8) is 0 Å². The minimum absolute atomic E-state index is 0.188. The number of nitrogens with zero attached hydrogens (tertiary/aromatic N) is 1. The lowest BCUT2D eigenvalue weighted by molar-refractivity contribution is -0.142. The molecule has 9 heteroatoms. The number of anilines is 2. The lowest BCUT2D eigenvalue weighted by Crippen LogP contribution is -2.13. The van der Waals surface area contributed by atoms with Gasteiger partial charge in [-0.05, 0) is 24.3 Å². The molecule has 0 saturated heterocycles. The molecule has 1 aromatic heterocycles. The van der Waals surface area contributed by atoms with E-state index in [-0.39, 0.29) is 18.2 Å². The van der Waals surface area contributed by atoms with Crippen LogP contribution in [0, 0.1) is 0 Å². The Morgan fingerprint density at radius 3 is 2.50 bits per heavy atom. The Bertz CT molecular complexity index is 742. The second-order valence-corrected chi connectivity index (χ2v) is 5.42. The molecule has 8 nitrogen and oxygen atoms in total. The number of thiazole rings is 1. The fraction of sp³-hybridized carbons (Fsp3) is 0.200. The second kappa shape index (κ2) is 8.06. The van der Waals surface area contributed by atoms with Crippen molar-refractivity contribution < 1.29 is 23.9 Å². The van der Waals surface area contributed by atoms with E-state index in [0.717, 1.165) is 11.3 Å². The average molecular weight is 349 g/mol. The van der Waals surface area contributed by atoms with E-state index in [9.17, 15) is 14.4 Å². The smallest absolute Gasteiger partial charge is 0.343 e. The molecule has 2 N–H and O–H groups in total. The molecule has 2 aromatic rings. The van der Waals surface area contributed by atoms with Gasteiger partial charge in [-0.15, -0.1) is 11.3 Å². The molecule has 0 spiro atoms. The SMILES string of the molecule is COC(=O)COc1ccc(NC(=O)c2csc(NC(C)=O)n2)cc1. The fourth-order valence-electron chi connectivity index (χ4n) is 1.62. The molecule has 0 fully saturated rings. The van der Waals surface area contributed by atoms with Crippen molar-refractivity contribution in [1.29, 1.82) is 0 Å². The van der Waals surface area contributed by atoms with Crippen LogP contribution >= 0.6 is 11.3 Å². The van der Waals surface area contributed by atoms with Crippen LogP contribution in [0.3, 0.4) is 0 Å². The number of methoxy groups -OCH3 is 1. The van der Waals surface area contributed by atoms with E-state index in [4.69, 9.17) is 4.74 Å². The standard InChI is InChI=1S/C15H15N3O5S/c1-9(19)16-15-18-12(8-24-15)14(21)17-10-3-5-11(6-4-10)23-7-13(20)22-2/h3-6,8H,7H2,1-2H3,(H,17,21)(H,16,18,19). The summed E-state index contributed by atoms with van der Waals surface area (Å²) in [4.78, 5) is 38.0. The Kier molecular flexibility index (Phi) is 5.85. The molecule has 0 unspecified atom stereocenters. The van der Waals surface area contributed by atoms with Crippen molar-refractivity contribution in [1.82, 2.24) is 4.98 Å². The number of esters is 1. The number of ether oxygens (including phenoxy) is 2. The molecule has 0 aliphatic rings. The highest BCUT2D eigenvalue weighted by Gasteiger charge is 2.12. The molecule has 2 amide bonds. The van der Waals surface area contributed by atoms with Gasteiger partial charge < -0.3 is 20.1 Å². The molecule has 0 saturated carbocycles. The van der Waals surface area contributed by atoms with E-state index >= 15 is 0 Å². The highest BCUT2D eigenvalue weighted by Crippen LogP contribution is 2.19. The Hall–Kier alpha value is -2.94.